The predicted molar refractivity (Wildman–Crippen MR) is 65.4 cm³/mol. The van der Waals surface area contributed by atoms with Gasteiger partial charge in [0.15, 0.2) is 0 Å². The van der Waals surface area contributed by atoms with Crippen LogP contribution in [0.25, 0.3) is 0 Å². The third-order valence-electron chi connectivity index (χ3n) is 2.95. The van der Waals surface area contributed by atoms with Gasteiger partial charge in [-0.15, -0.1) is 0 Å². The van der Waals surface area contributed by atoms with Gasteiger partial charge >= 0.3 is 0 Å². The van der Waals surface area contributed by atoms with Crippen LogP contribution >= 0.6 is 15.9 Å². The van der Waals surface area contributed by atoms with Gasteiger partial charge in [0.1, 0.15) is 5.82 Å². The first kappa shape index (κ1) is 12.5. The largest absolute Gasteiger partial charge is 0.381 e. The summed E-state index contributed by atoms with van der Waals surface area (Å²) in [6.07, 6.45) is 1.93. The molecular formula is C12H13BrFNO2. The zero-order valence-electron chi connectivity index (χ0n) is 9.37. The molecule has 3 nitrogen and oxygen atoms in total. The normalized spacial score (nSPS) is 23.0. The van der Waals surface area contributed by atoms with Gasteiger partial charge < -0.3 is 10.1 Å². The molecule has 1 saturated carbocycles. The van der Waals surface area contributed by atoms with Crippen molar-refractivity contribution in [1.29, 1.82) is 0 Å². The van der Waals surface area contributed by atoms with Gasteiger partial charge in [-0.3, -0.25) is 4.79 Å². The summed E-state index contributed by atoms with van der Waals surface area (Å²) in [5.74, 6) is -0.546. The Balaban J connectivity index is 1.94. The van der Waals surface area contributed by atoms with E-state index < -0.39 is 0 Å². The van der Waals surface area contributed by atoms with Gasteiger partial charge in [-0.1, -0.05) is 0 Å². The Hall–Kier alpha value is -0.940. The van der Waals surface area contributed by atoms with Crippen LogP contribution in [0.4, 0.5) is 4.39 Å². The molecule has 0 heterocycles. The highest BCUT2D eigenvalue weighted by Crippen LogP contribution is 2.23. The Bertz CT molecular complexity index is 433. The first-order valence-corrected chi connectivity index (χ1v) is 6.18. The molecular weight excluding hydrogens is 289 g/mol. The third kappa shape index (κ3) is 2.84. The molecule has 0 saturated heterocycles. The average molecular weight is 302 g/mol. The molecule has 92 valence electrons. The average Bonchev–Trinajstić information content (AvgIpc) is 2.26. The molecule has 1 N–H and O–H groups in total. The first-order chi connectivity index (χ1) is 8.10. The summed E-state index contributed by atoms with van der Waals surface area (Å²) in [7, 11) is 1.67. The van der Waals surface area contributed by atoms with Crippen molar-refractivity contribution in [2.24, 2.45) is 0 Å². The summed E-state index contributed by atoms with van der Waals surface area (Å²) in [5, 5.41) is 2.88. The number of nitrogens with one attached hydrogen (secondary N) is 1. The number of benzene rings is 1. The van der Waals surface area contributed by atoms with Crippen molar-refractivity contribution >= 4 is 21.8 Å². The molecule has 5 heteroatoms. The molecule has 1 aromatic carbocycles. The van der Waals surface area contributed by atoms with E-state index in [9.17, 15) is 9.18 Å². The maximum atomic E-state index is 13.0. The van der Waals surface area contributed by atoms with Crippen LogP contribution < -0.4 is 5.32 Å². The van der Waals surface area contributed by atoms with Crippen LogP contribution in [0.2, 0.25) is 0 Å². The molecule has 2 rings (SSSR count). The highest BCUT2D eigenvalue weighted by atomic mass is 79.9. The van der Waals surface area contributed by atoms with Crippen LogP contribution in [-0.4, -0.2) is 25.2 Å². The topological polar surface area (TPSA) is 38.3 Å². The van der Waals surface area contributed by atoms with Gasteiger partial charge in [0.05, 0.1) is 10.6 Å². The quantitative estimate of drug-likeness (QED) is 0.931. The number of carbonyl (C=O) groups excluding carboxylic acids is 1. The van der Waals surface area contributed by atoms with Crippen molar-refractivity contribution in [1.82, 2.24) is 5.32 Å². The Kier molecular flexibility index (Phi) is 3.79. The summed E-state index contributed by atoms with van der Waals surface area (Å²) >= 11 is 3.06. The summed E-state index contributed by atoms with van der Waals surface area (Å²) < 4.78 is 18.4. The van der Waals surface area contributed by atoms with E-state index in [-0.39, 0.29) is 23.9 Å². The van der Waals surface area contributed by atoms with Crippen molar-refractivity contribution in [2.75, 3.05) is 7.11 Å². The standard InChI is InChI=1S/C12H13BrFNO2/c1-17-9-5-8(6-9)15-12(16)7-2-3-11(14)10(13)4-7/h2-4,8-9H,5-6H2,1H3,(H,15,16). The predicted octanol–water partition coefficient (Wildman–Crippen LogP) is 2.50. The highest BCUT2D eigenvalue weighted by Gasteiger charge is 2.30. The first-order valence-electron chi connectivity index (χ1n) is 5.39. The monoisotopic (exact) mass is 301 g/mol. The number of hydrogen-bond donors (Lipinski definition) is 1. The lowest BCUT2D eigenvalue weighted by molar-refractivity contribution is 0.0176. The van der Waals surface area contributed by atoms with Gasteiger partial charge in [0, 0.05) is 18.7 Å². The van der Waals surface area contributed by atoms with E-state index in [0.29, 0.717) is 10.0 Å². The number of carbonyl (C=O) groups is 1. The molecule has 1 aliphatic rings. The van der Waals surface area contributed by atoms with Gasteiger partial charge in [0.2, 0.25) is 0 Å². The number of amides is 1. The van der Waals surface area contributed by atoms with Crippen molar-refractivity contribution in [2.45, 2.75) is 25.0 Å². The van der Waals surface area contributed by atoms with Crippen molar-refractivity contribution in [3.8, 4) is 0 Å². The summed E-state index contributed by atoms with van der Waals surface area (Å²) in [6.45, 7) is 0. The van der Waals surface area contributed by atoms with Crippen LogP contribution in [0.15, 0.2) is 22.7 Å². The fraction of sp³-hybridized carbons (Fsp3) is 0.417. The summed E-state index contributed by atoms with van der Waals surface area (Å²) in [5.41, 5.74) is 0.458. The number of halogens is 2. The molecule has 1 amide bonds. The SMILES string of the molecule is COC1CC(NC(=O)c2ccc(F)c(Br)c2)C1. The number of methoxy groups -OCH3 is 1. The minimum absolute atomic E-state index is 0.163. The van der Waals surface area contributed by atoms with E-state index in [1.165, 1.54) is 18.2 Å². The fourth-order valence-corrected chi connectivity index (χ4v) is 2.16. The number of ether oxygens (including phenoxy) is 1. The fourth-order valence-electron chi connectivity index (χ4n) is 1.78. The minimum atomic E-state index is -0.371. The lowest BCUT2D eigenvalue weighted by atomic mass is 9.89. The Morgan fingerprint density at radius 3 is 2.82 bits per heavy atom. The molecule has 0 aliphatic heterocycles. The molecule has 1 aliphatic carbocycles. The van der Waals surface area contributed by atoms with Crippen LogP contribution in [-0.2, 0) is 4.74 Å². The number of rotatable bonds is 3. The lowest BCUT2D eigenvalue weighted by Gasteiger charge is -2.34. The second-order valence-electron chi connectivity index (χ2n) is 4.13. The van der Waals surface area contributed by atoms with E-state index in [1.807, 2.05) is 0 Å². The minimum Gasteiger partial charge on any atom is -0.381 e. The smallest absolute Gasteiger partial charge is 0.251 e. The second-order valence-corrected chi connectivity index (χ2v) is 4.98. The molecule has 0 aromatic heterocycles. The molecule has 0 radical (unpaired) electrons. The molecule has 0 bridgehead atoms. The van der Waals surface area contributed by atoms with Gasteiger partial charge in [-0.25, -0.2) is 4.39 Å². The van der Waals surface area contributed by atoms with Crippen molar-refractivity contribution < 1.29 is 13.9 Å². The Labute approximate surface area is 107 Å². The number of hydrogen-bond acceptors (Lipinski definition) is 2. The lowest BCUT2D eigenvalue weighted by Crippen LogP contribution is -2.47. The van der Waals surface area contributed by atoms with E-state index in [1.54, 1.807) is 7.11 Å². The van der Waals surface area contributed by atoms with Crippen LogP contribution in [0.5, 0.6) is 0 Å². The van der Waals surface area contributed by atoms with Crippen LogP contribution in [0.1, 0.15) is 23.2 Å². The highest BCUT2D eigenvalue weighted by molar-refractivity contribution is 9.10. The molecule has 0 atom stereocenters. The van der Waals surface area contributed by atoms with E-state index in [2.05, 4.69) is 21.2 Å². The summed E-state index contributed by atoms with van der Waals surface area (Å²) in [4.78, 5) is 11.8. The van der Waals surface area contributed by atoms with Crippen LogP contribution in [0, 0.1) is 5.82 Å². The Morgan fingerprint density at radius 1 is 1.53 bits per heavy atom. The molecule has 1 aromatic rings. The molecule has 17 heavy (non-hydrogen) atoms. The van der Waals surface area contributed by atoms with Crippen molar-refractivity contribution in [3.05, 3.63) is 34.1 Å². The van der Waals surface area contributed by atoms with E-state index in [0.717, 1.165) is 12.8 Å². The molecule has 0 spiro atoms. The van der Waals surface area contributed by atoms with Gasteiger partial charge in [-0.2, -0.15) is 0 Å². The van der Waals surface area contributed by atoms with Gasteiger partial charge in [0.25, 0.3) is 5.91 Å². The Morgan fingerprint density at radius 2 is 2.24 bits per heavy atom. The zero-order valence-corrected chi connectivity index (χ0v) is 11.0. The van der Waals surface area contributed by atoms with Crippen LogP contribution in [0.3, 0.4) is 0 Å². The zero-order chi connectivity index (χ0) is 12.4. The van der Waals surface area contributed by atoms with Crippen molar-refractivity contribution in [3.63, 3.8) is 0 Å². The van der Waals surface area contributed by atoms with Gasteiger partial charge in [-0.05, 0) is 47.0 Å². The molecule has 0 unspecified atom stereocenters. The van der Waals surface area contributed by atoms with E-state index >= 15 is 0 Å². The summed E-state index contributed by atoms with van der Waals surface area (Å²) in [6, 6.07) is 4.40. The second kappa shape index (κ2) is 5.14. The maximum Gasteiger partial charge on any atom is 0.251 e. The maximum absolute atomic E-state index is 13.0. The molecule has 1 fully saturated rings. The van der Waals surface area contributed by atoms with E-state index in [4.69, 9.17) is 4.74 Å². The third-order valence-corrected chi connectivity index (χ3v) is 3.55.